The fourth-order valence-electron chi connectivity index (χ4n) is 5.03. The lowest BCUT2D eigenvalue weighted by molar-refractivity contribution is -0.125. The third-order valence-corrected chi connectivity index (χ3v) is 8.36. The van der Waals surface area contributed by atoms with E-state index in [0.717, 1.165) is 24.3 Å². The zero-order valence-electron chi connectivity index (χ0n) is 23.1. The Labute approximate surface area is 248 Å². The molecule has 1 aliphatic rings. The number of hydrogen-bond acceptors (Lipinski definition) is 9. The number of aliphatic hydroxyl groups is 2. The van der Waals surface area contributed by atoms with Gasteiger partial charge in [-0.1, -0.05) is 12.1 Å². The highest BCUT2D eigenvalue weighted by Crippen LogP contribution is 2.29. The number of fused-ring (bicyclic) bond motifs is 1. The average Bonchev–Trinajstić information content (AvgIpc) is 3.68. The molecule has 1 unspecified atom stereocenters. The van der Waals surface area contributed by atoms with Crippen LogP contribution in [0.1, 0.15) is 56.6 Å². The SMILES string of the molecule is N#Cc1ccc(C(Oc2ccc(C(=O)NCCN3CCCC3)cc2)C(=O)Cc2nc3cc(CO)c(CO)cc3s2)cc1. The summed E-state index contributed by atoms with van der Waals surface area (Å²) < 4.78 is 6.99. The molecule has 4 aromatic rings. The number of hydrogen-bond donors (Lipinski definition) is 3. The van der Waals surface area contributed by atoms with Gasteiger partial charge in [0.2, 0.25) is 0 Å². The second-order valence-electron chi connectivity index (χ2n) is 10.2. The molecule has 9 nitrogen and oxygen atoms in total. The maximum Gasteiger partial charge on any atom is 0.251 e. The highest BCUT2D eigenvalue weighted by atomic mass is 32.1. The molecule has 0 spiro atoms. The molecule has 5 rings (SSSR count). The summed E-state index contributed by atoms with van der Waals surface area (Å²) >= 11 is 1.35. The van der Waals surface area contributed by atoms with Gasteiger partial charge in [-0.15, -0.1) is 11.3 Å². The number of carbonyl (C=O) groups excluding carboxylic acids is 2. The minimum Gasteiger partial charge on any atom is -0.478 e. The standard InChI is InChI=1S/C32H32N4O5S/c33-18-21-3-5-22(6-4-21)31(28(39)17-30-35-27-15-24(19-37)25(20-38)16-29(27)42-30)41-26-9-7-23(8-10-26)32(40)34-11-14-36-12-1-2-13-36/h3-10,15-16,31,37-38H,1-2,11-14,17,19-20H2,(H,34,40). The number of nitrogens with zero attached hydrogens (tertiary/aromatic N) is 3. The lowest BCUT2D eigenvalue weighted by atomic mass is 10.0. The van der Waals surface area contributed by atoms with Crippen LogP contribution in [0.3, 0.4) is 0 Å². The Hall–Kier alpha value is -4.14. The Morgan fingerprint density at radius 1 is 1.02 bits per heavy atom. The van der Waals surface area contributed by atoms with Gasteiger partial charge in [0.05, 0.1) is 41.5 Å². The van der Waals surface area contributed by atoms with Crippen LogP contribution in [-0.2, 0) is 24.4 Å². The van der Waals surface area contributed by atoms with Crippen molar-refractivity contribution in [2.75, 3.05) is 26.2 Å². The predicted molar refractivity (Wildman–Crippen MR) is 159 cm³/mol. The van der Waals surface area contributed by atoms with Gasteiger partial charge in [0.25, 0.3) is 5.91 Å². The molecule has 0 aliphatic carbocycles. The molecule has 0 radical (unpaired) electrons. The quantitative estimate of drug-likeness (QED) is 0.228. The second-order valence-corrected chi connectivity index (χ2v) is 11.3. The minimum atomic E-state index is -0.967. The highest BCUT2D eigenvalue weighted by molar-refractivity contribution is 7.18. The van der Waals surface area contributed by atoms with Crippen molar-refractivity contribution in [1.29, 1.82) is 5.26 Å². The fourth-order valence-corrected chi connectivity index (χ4v) is 6.05. The number of aromatic nitrogens is 1. The molecule has 1 amide bonds. The van der Waals surface area contributed by atoms with E-state index < -0.39 is 6.10 Å². The number of Topliss-reactive ketones (excluding diaryl/α,β-unsaturated/α-hetero) is 1. The zero-order valence-corrected chi connectivity index (χ0v) is 23.9. The van der Waals surface area contributed by atoms with Crippen molar-refractivity contribution in [3.63, 3.8) is 0 Å². The van der Waals surface area contributed by atoms with Crippen molar-refractivity contribution in [3.8, 4) is 11.8 Å². The summed E-state index contributed by atoms with van der Waals surface area (Å²) in [7, 11) is 0. The third kappa shape index (κ3) is 7.01. The van der Waals surface area contributed by atoms with E-state index in [9.17, 15) is 25.1 Å². The molecule has 1 fully saturated rings. The van der Waals surface area contributed by atoms with E-state index >= 15 is 0 Å². The molecule has 3 aromatic carbocycles. The largest absolute Gasteiger partial charge is 0.478 e. The van der Waals surface area contributed by atoms with Crippen molar-refractivity contribution in [2.45, 2.75) is 38.6 Å². The van der Waals surface area contributed by atoms with Crippen LogP contribution in [0.4, 0.5) is 0 Å². The van der Waals surface area contributed by atoms with Crippen molar-refractivity contribution < 1.29 is 24.5 Å². The molecule has 3 N–H and O–H groups in total. The first kappa shape index (κ1) is 29.4. The van der Waals surface area contributed by atoms with Crippen LogP contribution >= 0.6 is 11.3 Å². The van der Waals surface area contributed by atoms with E-state index in [4.69, 9.17) is 4.74 Å². The van der Waals surface area contributed by atoms with E-state index in [1.165, 1.54) is 24.2 Å². The number of carbonyl (C=O) groups is 2. The zero-order chi connectivity index (χ0) is 29.5. The number of amides is 1. The first-order valence-electron chi connectivity index (χ1n) is 13.9. The molecule has 216 valence electrons. The number of aliphatic hydroxyl groups excluding tert-OH is 2. The van der Waals surface area contributed by atoms with Gasteiger partial charge in [0.15, 0.2) is 11.9 Å². The third-order valence-electron chi connectivity index (χ3n) is 7.34. The summed E-state index contributed by atoms with van der Waals surface area (Å²) in [6, 6.07) is 18.9. The molecule has 1 aliphatic heterocycles. The van der Waals surface area contributed by atoms with E-state index in [1.54, 1.807) is 60.7 Å². The Kier molecular flexibility index (Phi) is 9.56. The second kappa shape index (κ2) is 13.7. The smallest absolute Gasteiger partial charge is 0.251 e. The van der Waals surface area contributed by atoms with Crippen LogP contribution in [0, 0.1) is 11.3 Å². The number of ether oxygens (including phenoxy) is 1. The van der Waals surface area contributed by atoms with Crippen molar-refractivity contribution in [2.24, 2.45) is 0 Å². The average molecular weight is 585 g/mol. The maximum absolute atomic E-state index is 13.6. The first-order chi connectivity index (χ1) is 20.5. The van der Waals surface area contributed by atoms with Crippen LogP contribution in [-0.4, -0.2) is 58.0 Å². The lowest BCUT2D eigenvalue weighted by Gasteiger charge is -2.19. The van der Waals surface area contributed by atoms with Gasteiger partial charge < -0.3 is 25.2 Å². The molecular weight excluding hydrogens is 552 g/mol. The lowest BCUT2D eigenvalue weighted by Crippen LogP contribution is -2.33. The van der Waals surface area contributed by atoms with Crippen LogP contribution in [0.5, 0.6) is 5.75 Å². The highest BCUT2D eigenvalue weighted by Gasteiger charge is 2.25. The molecule has 42 heavy (non-hydrogen) atoms. The summed E-state index contributed by atoms with van der Waals surface area (Å²) in [6.07, 6.45) is 1.45. The summed E-state index contributed by atoms with van der Waals surface area (Å²) in [4.78, 5) is 33.2. The molecule has 2 heterocycles. The van der Waals surface area contributed by atoms with Gasteiger partial charge in [-0.05, 0) is 91.2 Å². The van der Waals surface area contributed by atoms with Crippen molar-refractivity contribution in [3.05, 3.63) is 93.5 Å². The van der Waals surface area contributed by atoms with Gasteiger partial charge in [-0.25, -0.2) is 4.98 Å². The molecule has 0 saturated carbocycles. The van der Waals surface area contributed by atoms with Crippen LogP contribution in [0.25, 0.3) is 10.2 Å². The monoisotopic (exact) mass is 584 g/mol. The normalized spacial score (nSPS) is 14.0. The molecular formula is C32H32N4O5S. The van der Waals surface area contributed by atoms with Gasteiger partial charge in [0, 0.05) is 18.7 Å². The fraction of sp³-hybridized carbons (Fsp3) is 0.312. The summed E-state index contributed by atoms with van der Waals surface area (Å²) in [5.41, 5.74) is 3.42. The Bertz CT molecular complexity index is 1550. The number of rotatable bonds is 12. The Morgan fingerprint density at radius 2 is 1.71 bits per heavy atom. The number of nitrogens with one attached hydrogen (secondary N) is 1. The van der Waals surface area contributed by atoms with E-state index in [1.807, 2.05) is 0 Å². The van der Waals surface area contributed by atoms with Gasteiger partial charge in [-0.3, -0.25) is 9.59 Å². The number of likely N-dealkylation sites (tertiary alicyclic amines) is 1. The summed E-state index contributed by atoms with van der Waals surface area (Å²) in [6.45, 7) is 3.16. The van der Waals surface area contributed by atoms with E-state index in [-0.39, 0.29) is 31.3 Å². The van der Waals surface area contributed by atoms with Gasteiger partial charge in [0.1, 0.15) is 10.8 Å². The number of nitriles is 1. The van der Waals surface area contributed by atoms with Gasteiger partial charge >= 0.3 is 0 Å². The van der Waals surface area contributed by atoms with E-state index in [2.05, 4.69) is 21.3 Å². The number of thiazole rings is 1. The Morgan fingerprint density at radius 3 is 2.38 bits per heavy atom. The Balaban J connectivity index is 1.31. The molecule has 1 saturated heterocycles. The number of benzene rings is 3. The predicted octanol–water partition coefficient (Wildman–Crippen LogP) is 3.91. The minimum absolute atomic E-state index is 0.00440. The maximum atomic E-state index is 13.6. The van der Waals surface area contributed by atoms with Crippen molar-refractivity contribution >= 4 is 33.2 Å². The van der Waals surface area contributed by atoms with Crippen LogP contribution in [0.15, 0.2) is 60.7 Å². The van der Waals surface area contributed by atoms with Crippen molar-refractivity contribution in [1.82, 2.24) is 15.2 Å². The van der Waals surface area contributed by atoms with E-state index in [0.29, 0.717) is 50.6 Å². The first-order valence-corrected chi connectivity index (χ1v) is 14.7. The molecule has 1 atom stereocenters. The van der Waals surface area contributed by atoms with Crippen LogP contribution < -0.4 is 10.1 Å². The molecule has 10 heteroatoms. The summed E-state index contributed by atoms with van der Waals surface area (Å²) in [5, 5.41) is 32.0. The topological polar surface area (TPSA) is 136 Å². The summed E-state index contributed by atoms with van der Waals surface area (Å²) in [5.74, 6) is 0.0353. The van der Waals surface area contributed by atoms with Gasteiger partial charge in [-0.2, -0.15) is 5.26 Å². The molecule has 1 aromatic heterocycles. The van der Waals surface area contributed by atoms with Crippen LogP contribution in [0.2, 0.25) is 0 Å². The number of ketones is 1. The molecule has 0 bridgehead atoms.